The summed E-state index contributed by atoms with van der Waals surface area (Å²) in [5, 5.41) is 1.20. The van der Waals surface area contributed by atoms with Crippen LogP contribution in [0.3, 0.4) is 0 Å². The molecule has 1 aliphatic rings. The average Bonchev–Trinajstić information content (AvgIpc) is 1.79. The number of rotatable bonds is 3. The Labute approximate surface area is 66.2 Å². The lowest BCUT2D eigenvalue weighted by molar-refractivity contribution is 0.123. The fraction of sp³-hybridized carbons (Fsp3) is 1.00. The van der Waals surface area contributed by atoms with Crippen LogP contribution < -0.4 is 0 Å². The molecule has 0 heterocycles. The summed E-state index contributed by atoms with van der Waals surface area (Å²) in [7, 11) is 0. The highest BCUT2D eigenvalue weighted by atomic mass is 79.9. The van der Waals surface area contributed by atoms with Gasteiger partial charge in [0.25, 0.3) is 0 Å². The molecule has 1 aliphatic carbocycles. The standard InChI is InChI=1S/C8H15Br/c1-2-8(6-7-9)4-3-5-8/h2-7H2,1H3. The predicted molar refractivity (Wildman–Crippen MR) is 45.0 cm³/mol. The molecule has 1 heteroatoms. The lowest BCUT2D eigenvalue weighted by Gasteiger charge is -2.41. The second-order valence-corrected chi connectivity index (χ2v) is 3.94. The van der Waals surface area contributed by atoms with Crippen LogP contribution in [-0.4, -0.2) is 5.33 Å². The van der Waals surface area contributed by atoms with Crippen molar-refractivity contribution in [3.05, 3.63) is 0 Å². The molecule has 0 N–H and O–H groups in total. The summed E-state index contributed by atoms with van der Waals surface area (Å²) >= 11 is 3.50. The molecule has 1 rings (SSSR count). The van der Waals surface area contributed by atoms with Gasteiger partial charge in [0.2, 0.25) is 0 Å². The Kier molecular flexibility index (Phi) is 2.57. The number of halogens is 1. The molecule has 1 saturated carbocycles. The summed E-state index contributed by atoms with van der Waals surface area (Å²) < 4.78 is 0. The van der Waals surface area contributed by atoms with Gasteiger partial charge >= 0.3 is 0 Å². The highest BCUT2D eigenvalue weighted by Gasteiger charge is 2.33. The SMILES string of the molecule is CCC1(CCBr)CCC1. The van der Waals surface area contributed by atoms with Crippen molar-refractivity contribution in [2.24, 2.45) is 5.41 Å². The Balaban J connectivity index is 2.28. The highest BCUT2D eigenvalue weighted by Crippen LogP contribution is 2.46. The maximum Gasteiger partial charge on any atom is 0.00365 e. The third-order valence-electron chi connectivity index (χ3n) is 2.79. The van der Waals surface area contributed by atoms with E-state index in [1.165, 1.54) is 37.4 Å². The summed E-state index contributed by atoms with van der Waals surface area (Å²) in [5.41, 5.74) is 0.767. The van der Waals surface area contributed by atoms with Crippen molar-refractivity contribution in [2.45, 2.75) is 39.0 Å². The van der Waals surface area contributed by atoms with Crippen LogP contribution in [-0.2, 0) is 0 Å². The summed E-state index contributed by atoms with van der Waals surface area (Å²) in [6, 6.07) is 0. The second kappa shape index (κ2) is 3.05. The molecular weight excluding hydrogens is 176 g/mol. The molecule has 0 aromatic heterocycles. The van der Waals surface area contributed by atoms with E-state index in [2.05, 4.69) is 22.9 Å². The van der Waals surface area contributed by atoms with Crippen LogP contribution >= 0.6 is 15.9 Å². The van der Waals surface area contributed by atoms with E-state index in [0.29, 0.717) is 0 Å². The van der Waals surface area contributed by atoms with Gasteiger partial charge in [-0.05, 0) is 24.7 Å². The van der Waals surface area contributed by atoms with Crippen LogP contribution in [0.1, 0.15) is 39.0 Å². The van der Waals surface area contributed by atoms with Crippen molar-refractivity contribution in [1.82, 2.24) is 0 Å². The van der Waals surface area contributed by atoms with E-state index in [1.807, 2.05) is 0 Å². The first-order chi connectivity index (χ1) is 4.33. The number of alkyl halides is 1. The van der Waals surface area contributed by atoms with Gasteiger partial charge in [-0.1, -0.05) is 35.7 Å². The summed E-state index contributed by atoms with van der Waals surface area (Å²) in [4.78, 5) is 0. The molecule has 0 saturated heterocycles. The first kappa shape index (κ1) is 7.59. The van der Waals surface area contributed by atoms with Crippen LogP contribution in [0.5, 0.6) is 0 Å². The molecule has 0 atom stereocenters. The maximum absolute atomic E-state index is 3.50. The van der Waals surface area contributed by atoms with Gasteiger partial charge in [-0.25, -0.2) is 0 Å². The van der Waals surface area contributed by atoms with Gasteiger partial charge in [-0.2, -0.15) is 0 Å². The van der Waals surface area contributed by atoms with Crippen LogP contribution in [0.4, 0.5) is 0 Å². The number of hydrogen-bond acceptors (Lipinski definition) is 0. The van der Waals surface area contributed by atoms with Crippen molar-refractivity contribution in [3.63, 3.8) is 0 Å². The van der Waals surface area contributed by atoms with E-state index in [-0.39, 0.29) is 0 Å². The molecule has 0 aromatic carbocycles. The van der Waals surface area contributed by atoms with E-state index in [4.69, 9.17) is 0 Å². The van der Waals surface area contributed by atoms with E-state index in [1.54, 1.807) is 0 Å². The largest absolute Gasteiger partial charge is 0.0928 e. The van der Waals surface area contributed by atoms with Crippen molar-refractivity contribution < 1.29 is 0 Å². The van der Waals surface area contributed by atoms with E-state index >= 15 is 0 Å². The molecule has 1 fully saturated rings. The molecule has 0 nitrogen and oxygen atoms in total. The zero-order valence-corrected chi connectivity index (χ0v) is 7.71. The first-order valence-corrected chi connectivity index (χ1v) is 5.01. The highest BCUT2D eigenvalue weighted by molar-refractivity contribution is 9.09. The molecule has 0 bridgehead atoms. The van der Waals surface area contributed by atoms with Crippen molar-refractivity contribution in [2.75, 3.05) is 5.33 Å². The summed E-state index contributed by atoms with van der Waals surface area (Å²) in [6.07, 6.45) is 7.22. The normalized spacial score (nSPS) is 23.3. The Morgan fingerprint density at radius 2 is 2.11 bits per heavy atom. The molecule has 0 aliphatic heterocycles. The minimum absolute atomic E-state index is 0.767. The van der Waals surface area contributed by atoms with Crippen LogP contribution in [0, 0.1) is 5.41 Å². The van der Waals surface area contributed by atoms with Crippen LogP contribution in [0.25, 0.3) is 0 Å². The van der Waals surface area contributed by atoms with Crippen molar-refractivity contribution >= 4 is 15.9 Å². The zero-order valence-electron chi connectivity index (χ0n) is 6.12. The first-order valence-electron chi connectivity index (χ1n) is 3.89. The fourth-order valence-corrected chi connectivity index (χ4v) is 2.50. The molecule has 0 spiro atoms. The quantitative estimate of drug-likeness (QED) is 0.600. The molecule has 9 heavy (non-hydrogen) atoms. The zero-order chi connectivity index (χ0) is 6.74. The minimum atomic E-state index is 0.767. The van der Waals surface area contributed by atoms with Crippen LogP contribution in [0.2, 0.25) is 0 Å². The van der Waals surface area contributed by atoms with Gasteiger partial charge in [-0.3, -0.25) is 0 Å². The summed E-state index contributed by atoms with van der Waals surface area (Å²) in [5.74, 6) is 0. The molecule has 0 aromatic rings. The predicted octanol–water partition coefficient (Wildman–Crippen LogP) is 3.35. The average molecular weight is 191 g/mol. The lowest BCUT2D eigenvalue weighted by Crippen LogP contribution is -2.28. The van der Waals surface area contributed by atoms with Crippen molar-refractivity contribution in [3.8, 4) is 0 Å². The third kappa shape index (κ3) is 1.49. The van der Waals surface area contributed by atoms with Gasteiger partial charge in [0.15, 0.2) is 0 Å². The van der Waals surface area contributed by atoms with Gasteiger partial charge < -0.3 is 0 Å². The maximum atomic E-state index is 3.50. The Hall–Kier alpha value is 0.480. The van der Waals surface area contributed by atoms with Gasteiger partial charge in [-0.15, -0.1) is 0 Å². The monoisotopic (exact) mass is 190 g/mol. The molecule has 54 valence electrons. The molecule has 0 unspecified atom stereocenters. The van der Waals surface area contributed by atoms with Crippen LogP contribution in [0.15, 0.2) is 0 Å². The molecular formula is C8H15Br. The second-order valence-electron chi connectivity index (χ2n) is 3.15. The van der Waals surface area contributed by atoms with E-state index in [9.17, 15) is 0 Å². The van der Waals surface area contributed by atoms with E-state index in [0.717, 1.165) is 5.41 Å². The Morgan fingerprint density at radius 1 is 1.44 bits per heavy atom. The fourth-order valence-electron chi connectivity index (χ4n) is 1.66. The summed E-state index contributed by atoms with van der Waals surface area (Å²) in [6.45, 7) is 2.32. The Bertz CT molecular complexity index is 79.1. The van der Waals surface area contributed by atoms with Gasteiger partial charge in [0.05, 0.1) is 0 Å². The topological polar surface area (TPSA) is 0 Å². The van der Waals surface area contributed by atoms with Gasteiger partial charge in [0, 0.05) is 5.33 Å². The number of hydrogen-bond donors (Lipinski definition) is 0. The lowest BCUT2D eigenvalue weighted by atomic mass is 9.65. The minimum Gasteiger partial charge on any atom is -0.0928 e. The molecule has 0 amide bonds. The van der Waals surface area contributed by atoms with Gasteiger partial charge in [0.1, 0.15) is 0 Å². The van der Waals surface area contributed by atoms with Crippen molar-refractivity contribution in [1.29, 1.82) is 0 Å². The Morgan fingerprint density at radius 3 is 2.22 bits per heavy atom. The third-order valence-corrected chi connectivity index (χ3v) is 3.19. The smallest absolute Gasteiger partial charge is 0.00365 e. The van der Waals surface area contributed by atoms with E-state index < -0.39 is 0 Å². The molecule has 0 radical (unpaired) electrons.